The Balaban J connectivity index is 1.82. The van der Waals surface area contributed by atoms with Crippen molar-refractivity contribution < 1.29 is 9.32 Å². The highest BCUT2D eigenvalue weighted by Gasteiger charge is 2.41. The minimum Gasteiger partial charge on any atom is -0.340 e. The summed E-state index contributed by atoms with van der Waals surface area (Å²) in [5.41, 5.74) is 0.795. The summed E-state index contributed by atoms with van der Waals surface area (Å²) in [5.74, 6) is 0.302. The van der Waals surface area contributed by atoms with Gasteiger partial charge in [-0.05, 0) is 37.0 Å². The molecule has 0 spiro atoms. The number of amides is 1. The zero-order valence-corrected chi connectivity index (χ0v) is 13.3. The van der Waals surface area contributed by atoms with Gasteiger partial charge in [0.1, 0.15) is 0 Å². The molecule has 6 heteroatoms. The molecular formula is C15H16BrN3O2. The Labute approximate surface area is 131 Å². The molecule has 1 aliphatic carbocycles. The number of carbonyl (C=O) groups is 1. The third-order valence-corrected chi connectivity index (χ3v) is 4.40. The Morgan fingerprint density at radius 1 is 1.48 bits per heavy atom. The van der Waals surface area contributed by atoms with Gasteiger partial charge in [0.15, 0.2) is 0 Å². The molecule has 1 aromatic heterocycles. The van der Waals surface area contributed by atoms with Gasteiger partial charge >= 0.3 is 0 Å². The molecule has 21 heavy (non-hydrogen) atoms. The number of nitrogens with zero attached hydrogens (tertiary/aromatic N) is 2. The fraction of sp³-hybridized carbons (Fsp3) is 0.400. The number of hydrogen-bond acceptors (Lipinski definition) is 4. The van der Waals surface area contributed by atoms with E-state index < -0.39 is 0 Å². The quantitative estimate of drug-likeness (QED) is 0.920. The minimum absolute atomic E-state index is 0.105. The van der Waals surface area contributed by atoms with E-state index in [-0.39, 0.29) is 17.3 Å². The van der Waals surface area contributed by atoms with Crippen molar-refractivity contribution in [2.75, 3.05) is 0 Å². The molecule has 0 bridgehead atoms. The average molecular weight is 350 g/mol. The highest BCUT2D eigenvalue weighted by molar-refractivity contribution is 9.10. The van der Waals surface area contributed by atoms with Crippen LogP contribution in [0.15, 0.2) is 33.3 Å². The highest BCUT2D eigenvalue weighted by Crippen LogP contribution is 2.42. The van der Waals surface area contributed by atoms with Crippen LogP contribution in [-0.4, -0.2) is 16.0 Å². The molecule has 1 heterocycles. The first kappa shape index (κ1) is 14.3. The van der Waals surface area contributed by atoms with Crippen LogP contribution in [0.4, 0.5) is 0 Å². The highest BCUT2D eigenvalue weighted by atomic mass is 79.9. The molecule has 5 nitrogen and oxygen atoms in total. The average Bonchev–Trinajstić information content (AvgIpc) is 2.91. The Kier molecular flexibility index (Phi) is 3.80. The van der Waals surface area contributed by atoms with Gasteiger partial charge in [-0.1, -0.05) is 40.1 Å². The molecule has 0 saturated heterocycles. The lowest BCUT2D eigenvalue weighted by Gasteiger charge is -2.42. The van der Waals surface area contributed by atoms with E-state index in [1.165, 1.54) is 0 Å². The lowest BCUT2D eigenvalue weighted by Crippen LogP contribution is -2.51. The monoisotopic (exact) mass is 349 g/mol. The summed E-state index contributed by atoms with van der Waals surface area (Å²) >= 11 is 3.48. The zero-order chi connectivity index (χ0) is 14.9. The maximum Gasteiger partial charge on any atom is 0.293 e. The van der Waals surface area contributed by atoms with E-state index in [0.29, 0.717) is 12.3 Å². The number of nitrogens with one attached hydrogen (secondary N) is 1. The molecule has 1 amide bonds. The van der Waals surface area contributed by atoms with Gasteiger partial charge in [0.2, 0.25) is 5.89 Å². The predicted octanol–water partition coefficient (Wildman–Crippen LogP) is 3.20. The van der Waals surface area contributed by atoms with Crippen molar-refractivity contribution in [3.63, 3.8) is 0 Å². The normalized spacial score (nSPS) is 16.3. The van der Waals surface area contributed by atoms with Crippen molar-refractivity contribution >= 4 is 21.8 Å². The van der Waals surface area contributed by atoms with Crippen molar-refractivity contribution in [3.8, 4) is 0 Å². The molecule has 0 radical (unpaired) electrons. The van der Waals surface area contributed by atoms with Crippen molar-refractivity contribution in [2.45, 2.75) is 38.1 Å². The van der Waals surface area contributed by atoms with Crippen molar-refractivity contribution in [1.29, 1.82) is 0 Å². The number of carbonyl (C=O) groups excluding carboxylic acids is 1. The van der Waals surface area contributed by atoms with Gasteiger partial charge in [0.25, 0.3) is 11.7 Å². The number of rotatable bonds is 4. The van der Waals surface area contributed by atoms with Crippen LogP contribution in [0.3, 0.4) is 0 Å². The molecule has 1 N–H and O–H groups in total. The Hall–Kier alpha value is -1.69. The molecule has 0 aliphatic heterocycles. The second-order valence-electron chi connectivity index (χ2n) is 5.27. The first-order valence-corrected chi connectivity index (χ1v) is 7.83. The molecule has 1 aromatic carbocycles. The van der Waals surface area contributed by atoms with E-state index in [4.69, 9.17) is 4.52 Å². The van der Waals surface area contributed by atoms with E-state index in [1.807, 2.05) is 31.2 Å². The number of aryl methyl sites for hydroxylation is 1. The van der Waals surface area contributed by atoms with E-state index in [1.54, 1.807) is 0 Å². The first-order chi connectivity index (χ1) is 10.1. The topological polar surface area (TPSA) is 68.0 Å². The summed E-state index contributed by atoms with van der Waals surface area (Å²) < 4.78 is 6.00. The molecular weight excluding hydrogens is 334 g/mol. The molecule has 2 aromatic rings. The molecule has 3 rings (SSSR count). The molecule has 110 valence electrons. The fourth-order valence-corrected chi connectivity index (χ4v) is 2.97. The van der Waals surface area contributed by atoms with E-state index in [9.17, 15) is 4.79 Å². The summed E-state index contributed by atoms with van der Waals surface area (Å²) in [6, 6.07) is 8.05. The molecule has 0 unspecified atom stereocenters. The number of aromatic nitrogens is 2. The summed E-state index contributed by atoms with van der Waals surface area (Å²) in [6.45, 7) is 1.91. The number of benzene rings is 1. The van der Waals surface area contributed by atoms with Gasteiger partial charge < -0.3 is 9.84 Å². The minimum atomic E-state index is -0.312. The zero-order valence-electron chi connectivity index (χ0n) is 11.7. The summed E-state index contributed by atoms with van der Waals surface area (Å²) in [4.78, 5) is 16.4. The van der Waals surface area contributed by atoms with Gasteiger partial charge in [-0.3, -0.25) is 4.79 Å². The third kappa shape index (κ3) is 2.72. The Bertz CT molecular complexity index is 664. The Morgan fingerprint density at radius 2 is 2.29 bits per heavy atom. The van der Waals surface area contributed by atoms with Gasteiger partial charge in [-0.2, -0.15) is 4.98 Å². The summed E-state index contributed by atoms with van der Waals surface area (Å²) in [6.07, 6.45) is 3.57. The molecule has 1 aliphatic rings. The van der Waals surface area contributed by atoms with Crippen LogP contribution in [-0.2, 0) is 12.0 Å². The van der Waals surface area contributed by atoms with E-state index >= 15 is 0 Å². The van der Waals surface area contributed by atoms with Crippen LogP contribution in [0.1, 0.15) is 48.3 Å². The SMILES string of the molecule is CCc1nc(C(=O)NC2(c3cccc(Br)c3)CCC2)no1. The van der Waals surface area contributed by atoms with Crippen LogP contribution < -0.4 is 5.32 Å². The second-order valence-corrected chi connectivity index (χ2v) is 6.18. The number of hydrogen-bond donors (Lipinski definition) is 1. The third-order valence-electron chi connectivity index (χ3n) is 3.91. The lowest BCUT2D eigenvalue weighted by atomic mass is 9.72. The summed E-state index contributed by atoms with van der Waals surface area (Å²) in [7, 11) is 0. The molecule has 0 atom stereocenters. The van der Waals surface area contributed by atoms with E-state index in [2.05, 4.69) is 31.4 Å². The molecule has 1 saturated carbocycles. The number of halogens is 1. The van der Waals surface area contributed by atoms with Gasteiger partial charge in [-0.25, -0.2) is 0 Å². The van der Waals surface area contributed by atoms with Crippen molar-refractivity contribution in [1.82, 2.24) is 15.5 Å². The standard InChI is InChI=1S/C15H16BrN3O2/c1-2-12-17-13(19-21-12)14(20)18-15(7-4-8-15)10-5-3-6-11(16)9-10/h3,5-6,9H,2,4,7-8H2,1H3,(H,18,20). The second kappa shape index (κ2) is 5.60. The van der Waals surface area contributed by atoms with Crippen molar-refractivity contribution in [3.05, 3.63) is 46.0 Å². The van der Waals surface area contributed by atoms with Crippen LogP contribution in [0.2, 0.25) is 0 Å². The maximum absolute atomic E-state index is 12.3. The van der Waals surface area contributed by atoms with Gasteiger partial charge in [0, 0.05) is 10.9 Å². The first-order valence-electron chi connectivity index (χ1n) is 7.04. The van der Waals surface area contributed by atoms with Gasteiger partial charge in [0.05, 0.1) is 5.54 Å². The van der Waals surface area contributed by atoms with Crippen LogP contribution in [0, 0.1) is 0 Å². The van der Waals surface area contributed by atoms with Crippen LogP contribution in [0.25, 0.3) is 0 Å². The molecule has 1 fully saturated rings. The van der Waals surface area contributed by atoms with Crippen molar-refractivity contribution in [2.24, 2.45) is 0 Å². The predicted molar refractivity (Wildman–Crippen MR) is 80.8 cm³/mol. The Morgan fingerprint density at radius 3 is 2.86 bits per heavy atom. The lowest BCUT2D eigenvalue weighted by molar-refractivity contribution is 0.0809. The maximum atomic E-state index is 12.3. The van der Waals surface area contributed by atoms with Crippen LogP contribution in [0.5, 0.6) is 0 Å². The largest absolute Gasteiger partial charge is 0.340 e. The summed E-state index contributed by atoms with van der Waals surface area (Å²) in [5, 5.41) is 6.82. The van der Waals surface area contributed by atoms with E-state index in [0.717, 1.165) is 29.3 Å². The smallest absolute Gasteiger partial charge is 0.293 e. The fourth-order valence-electron chi connectivity index (χ4n) is 2.57. The van der Waals surface area contributed by atoms with Crippen LogP contribution >= 0.6 is 15.9 Å². The van der Waals surface area contributed by atoms with Gasteiger partial charge in [-0.15, -0.1) is 0 Å².